The fraction of sp³-hybridized carbons (Fsp3) is 1.00. The number of hydrogen-bond acceptors (Lipinski definition) is 2. The summed E-state index contributed by atoms with van der Waals surface area (Å²) in [5.74, 6) is 0.951. The Balaban J connectivity index is 1.90. The van der Waals surface area contributed by atoms with E-state index in [1.54, 1.807) is 0 Å². The van der Waals surface area contributed by atoms with Gasteiger partial charge in [0.05, 0.1) is 0 Å². The van der Waals surface area contributed by atoms with Crippen molar-refractivity contribution in [3.05, 3.63) is 0 Å². The van der Waals surface area contributed by atoms with Gasteiger partial charge in [0.15, 0.2) is 0 Å². The van der Waals surface area contributed by atoms with Gasteiger partial charge in [-0.3, -0.25) is 4.90 Å². The van der Waals surface area contributed by atoms with Gasteiger partial charge in [0, 0.05) is 24.7 Å². The van der Waals surface area contributed by atoms with Crippen LogP contribution in [-0.2, 0) is 0 Å². The number of likely N-dealkylation sites (tertiary alicyclic amines) is 1. The summed E-state index contributed by atoms with van der Waals surface area (Å²) in [5.41, 5.74) is 6.04. The molecule has 1 aliphatic heterocycles. The van der Waals surface area contributed by atoms with Crippen LogP contribution in [-0.4, -0.2) is 29.6 Å². The molecule has 94 valence electrons. The Hall–Kier alpha value is -0.0800. The largest absolute Gasteiger partial charge is 0.328 e. The minimum Gasteiger partial charge on any atom is -0.328 e. The van der Waals surface area contributed by atoms with Gasteiger partial charge in [0.25, 0.3) is 0 Å². The lowest BCUT2D eigenvalue weighted by atomic mass is 9.94. The second kappa shape index (κ2) is 5.50. The van der Waals surface area contributed by atoms with Crippen molar-refractivity contribution in [2.45, 2.75) is 76.9 Å². The third-order valence-corrected chi connectivity index (χ3v) is 4.66. The van der Waals surface area contributed by atoms with Crippen LogP contribution in [0.25, 0.3) is 0 Å². The van der Waals surface area contributed by atoms with E-state index in [1.165, 1.54) is 51.5 Å². The first-order chi connectivity index (χ1) is 7.66. The lowest BCUT2D eigenvalue weighted by Gasteiger charge is -2.41. The summed E-state index contributed by atoms with van der Waals surface area (Å²) in [4.78, 5) is 2.75. The summed E-state index contributed by atoms with van der Waals surface area (Å²) < 4.78 is 0. The first-order valence-corrected chi connectivity index (χ1v) is 7.18. The SMILES string of the molecule is CC1CCCC(N2CCC(N)CC2C)CC1. The highest BCUT2D eigenvalue weighted by molar-refractivity contribution is 4.86. The van der Waals surface area contributed by atoms with Gasteiger partial charge >= 0.3 is 0 Å². The zero-order valence-electron chi connectivity index (χ0n) is 11.0. The van der Waals surface area contributed by atoms with Gasteiger partial charge < -0.3 is 5.73 Å². The number of rotatable bonds is 1. The molecule has 4 atom stereocenters. The van der Waals surface area contributed by atoms with Crippen LogP contribution in [0.5, 0.6) is 0 Å². The average Bonchev–Trinajstić information content (AvgIpc) is 2.43. The molecule has 0 bridgehead atoms. The normalized spacial score (nSPS) is 42.9. The lowest BCUT2D eigenvalue weighted by molar-refractivity contribution is 0.0863. The molecule has 2 aliphatic rings. The van der Waals surface area contributed by atoms with E-state index in [-0.39, 0.29) is 0 Å². The van der Waals surface area contributed by atoms with Gasteiger partial charge in [0.1, 0.15) is 0 Å². The Morgan fingerprint density at radius 2 is 1.81 bits per heavy atom. The van der Waals surface area contributed by atoms with E-state index in [1.807, 2.05) is 0 Å². The van der Waals surface area contributed by atoms with E-state index in [0.717, 1.165) is 12.0 Å². The summed E-state index contributed by atoms with van der Waals surface area (Å²) in [5, 5.41) is 0. The van der Waals surface area contributed by atoms with Crippen molar-refractivity contribution in [2.24, 2.45) is 11.7 Å². The van der Waals surface area contributed by atoms with Gasteiger partial charge in [-0.1, -0.05) is 19.8 Å². The monoisotopic (exact) mass is 224 g/mol. The predicted molar refractivity (Wildman–Crippen MR) is 69.4 cm³/mol. The zero-order valence-corrected chi connectivity index (χ0v) is 11.0. The minimum absolute atomic E-state index is 0.455. The van der Waals surface area contributed by atoms with Gasteiger partial charge in [-0.25, -0.2) is 0 Å². The maximum Gasteiger partial charge on any atom is 0.00982 e. The van der Waals surface area contributed by atoms with Crippen LogP contribution < -0.4 is 5.73 Å². The first kappa shape index (κ1) is 12.4. The lowest BCUT2D eigenvalue weighted by Crippen LogP contribution is -2.50. The summed E-state index contributed by atoms with van der Waals surface area (Å²) in [6.45, 7) is 6.02. The minimum atomic E-state index is 0.455. The summed E-state index contributed by atoms with van der Waals surface area (Å²) in [6, 6.07) is 2.02. The van der Waals surface area contributed by atoms with E-state index >= 15 is 0 Å². The average molecular weight is 224 g/mol. The second-order valence-corrected chi connectivity index (χ2v) is 6.14. The molecule has 4 unspecified atom stereocenters. The molecule has 2 heteroatoms. The van der Waals surface area contributed by atoms with Crippen molar-refractivity contribution >= 4 is 0 Å². The Bertz CT molecular complexity index is 217. The molecule has 0 aromatic heterocycles. The maximum absolute atomic E-state index is 6.04. The molecule has 1 aliphatic carbocycles. The fourth-order valence-electron chi connectivity index (χ4n) is 3.57. The highest BCUT2D eigenvalue weighted by atomic mass is 15.2. The quantitative estimate of drug-likeness (QED) is 0.694. The van der Waals surface area contributed by atoms with Crippen molar-refractivity contribution in [3.63, 3.8) is 0 Å². The molecular weight excluding hydrogens is 196 g/mol. The molecule has 2 N–H and O–H groups in total. The third kappa shape index (κ3) is 2.98. The van der Waals surface area contributed by atoms with Crippen LogP contribution in [0, 0.1) is 5.92 Å². The van der Waals surface area contributed by atoms with Crippen LogP contribution in [0.1, 0.15) is 58.8 Å². The number of hydrogen-bond donors (Lipinski definition) is 1. The molecule has 0 spiro atoms. The van der Waals surface area contributed by atoms with E-state index in [0.29, 0.717) is 12.1 Å². The fourth-order valence-corrected chi connectivity index (χ4v) is 3.57. The molecule has 0 radical (unpaired) electrons. The molecule has 0 aromatic rings. The van der Waals surface area contributed by atoms with Crippen molar-refractivity contribution in [2.75, 3.05) is 6.54 Å². The van der Waals surface area contributed by atoms with Crippen molar-refractivity contribution in [3.8, 4) is 0 Å². The molecular formula is C14H28N2. The van der Waals surface area contributed by atoms with E-state index in [4.69, 9.17) is 5.73 Å². The van der Waals surface area contributed by atoms with Gasteiger partial charge in [-0.2, -0.15) is 0 Å². The van der Waals surface area contributed by atoms with Crippen LogP contribution in [0.4, 0.5) is 0 Å². The van der Waals surface area contributed by atoms with Gasteiger partial charge in [0.2, 0.25) is 0 Å². The Morgan fingerprint density at radius 1 is 1.00 bits per heavy atom. The number of nitrogens with zero attached hydrogens (tertiary/aromatic N) is 1. The molecule has 2 fully saturated rings. The Labute approximate surface area is 101 Å². The molecule has 2 nitrogen and oxygen atoms in total. The molecule has 0 aromatic carbocycles. The third-order valence-electron chi connectivity index (χ3n) is 4.66. The van der Waals surface area contributed by atoms with E-state index in [2.05, 4.69) is 18.7 Å². The first-order valence-electron chi connectivity index (χ1n) is 7.18. The Kier molecular flexibility index (Phi) is 4.26. The molecule has 1 heterocycles. The van der Waals surface area contributed by atoms with Crippen molar-refractivity contribution in [1.29, 1.82) is 0 Å². The molecule has 2 rings (SSSR count). The van der Waals surface area contributed by atoms with Crippen LogP contribution in [0.15, 0.2) is 0 Å². The van der Waals surface area contributed by atoms with E-state index in [9.17, 15) is 0 Å². The van der Waals surface area contributed by atoms with E-state index < -0.39 is 0 Å². The van der Waals surface area contributed by atoms with Crippen LogP contribution in [0.2, 0.25) is 0 Å². The zero-order chi connectivity index (χ0) is 11.5. The second-order valence-electron chi connectivity index (χ2n) is 6.14. The highest BCUT2D eigenvalue weighted by Crippen LogP contribution is 2.29. The highest BCUT2D eigenvalue weighted by Gasteiger charge is 2.29. The molecule has 0 amide bonds. The maximum atomic E-state index is 6.04. The number of piperidine rings is 1. The Morgan fingerprint density at radius 3 is 2.56 bits per heavy atom. The molecule has 16 heavy (non-hydrogen) atoms. The topological polar surface area (TPSA) is 29.3 Å². The number of nitrogens with two attached hydrogens (primary N) is 1. The predicted octanol–water partition coefficient (Wildman–Crippen LogP) is 2.77. The molecule has 1 saturated carbocycles. The van der Waals surface area contributed by atoms with Gasteiger partial charge in [-0.05, 0) is 44.9 Å². The van der Waals surface area contributed by atoms with Gasteiger partial charge in [-0.15, -0.1) is 0 Å². The summed E-state index contributed by atoms with van der Waals surface area (Å²) in [6.07, 6.45) is 9.55. The summed E-state index contributed by atoms with van der Waals surface area (Å²) >= 11 is 0. The summed E-state index contributed by atoms with van der Waals surface area (Å²) in [7, 11) is 0. The smallest absolute Gasteiger partial charge is 0.00982 e. The van der Waals surface area contributed by atoms with Crippen LogP contribution >= 0.6 is 0 Å². The van der Waals surface area contributed by atoms with Crippen molar-refractivity contribution < 1.29 is 0 Å². The standard InChI is InChI=1S/C14H28N2/c1-11-4-3-5-14(7-6-11)16-9-8-13(15)10-12(16)2/h11-14H,3-10,15H2,1-2H3. The van der Waals surface area contributed by atoms with Crippen molar-refractivity contribution in [1.82, 2.24) is 4.90 Å². The van der Waals surface area contributed by atoms with Crippen LogP contribution in [0.3, 0.4) is 0 Å². The molecule has 1 saturated heterocycles.